The van der Waals surface area contributed by atoms with Gasteiger partial charge in [-0.05, 0) is 23.1 Å². The molecule has 0 unspecified atom stereocenters. The first-order valence-corrected chi connectivity index (χ1v) is 4.59. The fourth-order valence-corrected chi connectivity index (χ4v) is 1.06. The maximum Gasteiger partial charge on any atom is 0.119 e. The lowest BCUT2D eigenvalue weighted by Gasteiger charge is -2.11. The number of allylic oxidation sites excluding steroid dienone is 1. The van der Waals surface area contributed by atoms with Gasteiger partial charge in [-0.25, -0.2) is 0 Å². The third-order valence-electron chi connectivity index (χ3n) is 1.70. The molecule has 1 rings (SSSR count). The summed E-state index contributed by atoms with van der Waals surface area (Å²) in [5.41, 5.74) is 0.901. The van der Waals surface area contributed by atoms with Gasteiger partial charge in [0.25, 0.3) is 0 Å². The lowest BCUT2D eigenvalue weighted by molar-refractivity contribution is 0.450. The molecule has 76 valence electrons. The molecule has 0 amide bonds. The third-order valence-corrected chi connectivity index (χ3v) is 1.70. The second kappa shape index (κ2) is 3.74. The molecule has 0 atom stereocenters. The molecule has 0 saturated heterocycles. The molecule has 0 radical (unpaired) electrons. The van der Waals surface area contributed by atoms with E-state index in [1.165, 1.54) is 6.07 Å². The van der Waals surface area contributed by atoms with Crippen molar-refractivity contribution < 1.29 is 10.2 Å². The van der Waals surface area contributed by atoms with Crippen molar-refractivity contribution in [3.63, 3.8) is 0 Å². The molecule has 0 heterocycles. The highest BCUT2D eigenvalue weighted by Crippen LogP contribution is 2.23. The largest absolute Gasteiger partial charge is 0.508 e. The van der Waals surface area contributed by atoms with Gasteiger partial charge in [0.2, 0.25) is 0 Å². The molecule has 1 aromatic carbocycles. The van der Waals surface area contributed by atoms with Crippen molar-refractivity contribution >= 4 is 6.08 Å². The molecule has 0 aliphatic carbocycles. The summed E-state index contributed by atoms with van der Waals surface area (Å²) < 4.78 is 0. The van der Waals surface area contributed by atoms with Crippen LogP contribution in [-0.4, -0.2) is 10.2 Å². The average molecular weight is 192 g/mol. The number of rotatable bonds is 1. The molecule has 2 heteroatoms. The summed E-state index contributed by atoms with van der Waals surface area (Å²) in [6.07, 6.45) is 3.92. The van der Waals surface area contributed by atoms with E-state index < -0.39 is 0 Å². The van der Waals surface area contributed by atoms with Crippen LogP contribution in [0.4, 0.5) is 0 Å². The van der Waals surface area contributed by atoms with Gasteiger partial charge >= 0.3 is 0 Å². The fourth-order valence-electron chi connectivity index (χ4n) is 1.06. The molecule has 0 spiro atoms. The average Bonchev–Trinajstić information content (AvgIpc) is 1.97. The van der Waals surface area contributed by atoms with Gasteiger partial charge < -0.3 is 10.2 Å². The summed E-state index contributed by atoms with van der Waals surface area (Å²) in [5, 5.41) is 18.5. The highest BCUT2D eigenvalue weighted by atomic mass is 16.3. The minimum Gasteiger partial charge on any atom is -0.508 e. The van der Waals surface area contributed by atoms with Crippen LogP contribution in [0.15, 0.2) is 24.3 Å². The van der Waals surface area contributed by atoms with Crippen molar-refractivity contribution in [3.05, 3.63) is 29.8 Å². The van der Waals surface area contributed by atoms with E-state index in [1.807, 2.05) is 12.2 Å². The van der Waals surface area contributed by atoms with Crippen LogP contribution >= 0.6 is 0 Å². The van der Waals surface area contributed by atoms with Crippen LogP contribution in [0.2, 0.25) is 0 Å². The van der Waals surface area contributed by atoms with Gasteiger partial charge in [0.05, 0.1) is 0 Å². The van der Waals surface area contributed by atoms with Crippen LogP contribution in [0.25, 0.3) is 6.08 Å². The summed E-state index contributed by atoms with van der Waals surface area (Å²) in [4.78, 5) is 0. The van der Waals surface area contributed by atoms with Crippen LogP contribution in [0.1, 0.15) is 26.3 Å². The fraction of sp³-hybridized carbons (Fsp3) is 0.333. The topological polar surface area (TPSA) is 40.5 Å². The predicted octanol–water partition coefficient (Wildman–Crippen LogP) is 3.16. The van der Waals surface area contributed by atoms with Gasteiger partial charge in [0.1, 0.15) is 11.5 Å². The lowest BCUT2D eigenvalue weighted by atomic mass is 9.95. The van der Waals surface area contributed by atoms with Crippen molar-refractivity contribution in [1.82, 2.24) is 0 Å². The maximum absolute atomic E-state index is 9.23. The highest BCUT2D eigenvalue weighted by Gasteiger charge is 2.04. The minimum absolute atomic E-state index is 0.0820. The van der Waals surface area contributed by atoms with E-state index in [0.717, 1.165) is 5.56 Å². The second-order valence-corrected chi connectivity index (χ2v) is 4.48. The van der Waals surface area contributed by atoms with Crippen molar-refractivity contribution in [2.24, 2.45) is 5.41 Å². The van der Waals surface area contributed by atoms with E-state index in [0.29, 0.717) is 0 Å². The van der Waals surface area contributed by atoms with Crippen LogP contribution < -0.4 is 0 Å². The Morgan fingerprint density at radius 1 is 1.00 bits per heavy atom. The molecule has 0 saturated carbocycles. The molecule has 0 bridgehead atoms. The zero-order valence-electron chi connectivity index (χ0n) is 8.78. The Balaban J connectivity index is 2.92. The molecule has 14 heavy (non-hydrogen) atoms. The molecule has 2 nitrogen and oxygen atoms in total. The summed E-state index contributed by atoms with van der Waals surface area (Å²) >= 11 is 0. The number of hydrogen-bond acceptors (Lipinski definition) is 2. The van der Waals surface area contributed by atoms with Crippen molar-refractivity contribution in [2.75, 3.05) is 0 Å². The predicted molar refractivity (Wildman–Crippen MR) is 58.3 cm³/mol. The SMILES string of the molecule is CC(C)(C)/C=C/c1cc(O)cc(O)c1. The van der Waals surface area contributed by atoms with Crippen molar-refractivity contribution in [2.45, 2.75) is 20.8 Å². The molecule has 1 aromatic rings. The van der Waals surface area contributed by atoms with Crippen LogP contribution in [0, 0.1) is 5.41 Å². The van der Waals surface area contributed by atoms with Crippen molar-refractivity contribution in [3.8, 4) is 11.5 Å². The quantitative estimate of drug-likeness (QED) is 0.717. The van der Waals surface area contributed by atoms with E-state index in [9.17, 15) is 10.2 Å². The van der Waals surface area contributed by atoms with E-state index in [2.05, 4.69) is 20.8 Å². The first-order valence-electron chi connectivity index (χ1n) is 4.59. The Morgan fingerprint density at radius 3 is 1.93 bits per heavy atom. The summed E-state index contributed by atoms with van der Waals surface area (Å²) in [7, 11) is 0. The van der Waals surface area contributed by atoms with Gasteiger partial charge in [0.15, 0.2) is 0 Å². The number of benzene rings is 1. The Hall–Kier alpha value is -1.44. The van der Waals surface area contributed by atoms with E-state index in [-0.39, 0.29) is 16.9 Å². The standard InChI is InChI=1S/C12H16O2/c1-12(2,3)5-4-9-6-10(13)8-11(14)7-9/h4-8,13-14H,1-3H3/b5-4+. The van der Waals surface area contributed by atoms with Gasteiger partial charge in [0, 0.05) is 6.07 Å². The molecule has 0 aliphatic heterocycles. The zero-order chi connectivity index (χ0) is 10.8. The number of phenolic OH excluding ortho intramolecular Hbond substituents is 2. The summed E-state index contributed by atoms with van der Waals surface area (Å²) in [5.74, 6) is 0.164. The maximum atomic E-state index is 9.23. The molecule has 0 aliphatic rings. The summed E-state index contributed by atoms with van der Waals surface area (Å²) in [6, 6.07) is 4.54. The zero-order valence-corrected chi connectivity index (χ0v) is 8.78. The van der Waals surface area contributed by atoms with E-state index in [4.69, 9.17) is 0 Å². The van der Waals surface area contributed by atoms with E-state index in [1.54, 1.807) is 12.1 Å². The van der Waals surface area contributed by atoms with Crippen molar-refractivity contribution in [1.29, 1.82) is 0 Å². The first kappa shape index (κ1) is 10.6. The highest BCUT2D eigenvalue weighted by molar-refractivity contribution is 5.55. The summed E-state index contributed by atoms with van der Waals surface area (Å²) in [6.45, 7) is 6.27. The van der Waals surface area contributed by atoms with E-state index >= 15 is 0 Å². The minimum atomic E-state index is 0.0820. The molecular formula is C12H16O2. The number of aromatic hydroxyl groups is 2. The monoisotopic (exact) mass is 192 g/mol. The third kappa shape index (κ3) is 3.52. The Bertz CT molecular complexity index is 326. The Morgan fingerprint density at radius 2 is 1.50 bits per heavy atom. The molecule has 0 aromatic heterocycles. The Kier molecular flexibility index (Phi) is 2.84. The molecule has 0 fully saturated rings. The number of hydrogen-bond donors (Lipinski definition) is 2. The van der Waals surface area contributed by atoms with Gasteiger partial charge in [-0.2, -0.15) is 0 Å². The smallest absolute Gasteiger partial charge is 0.119 e. The van der Waals surface area contributed by atoms with Gasteiger partial charge in [-0.3, -0.25) is 0 Å². The van der Waals surface area contributed by atoms with Gasteiger partial charge in [-0.15, -0.1) is 0 Å². The lowest BCUT2D eigenvalue weighted by Crippen LogP contribution is -1.97. The normalized spacial score (nSPS) is 12.2. The Labute approximate surface area is 84.5 Å². The molecular weight excluding hydrogens is 176 g/mol. The first-order chi connectivity index (χ1) is 6.37. The van der Waals surface area contributed by atoms with Gasteiger partial charge in [-0.1, -0.05) is 32.9 Å². The molecule has 2 N–H and O–H groups in total. The van der Waals surface area contributed by atoms with Crippen LogP contribution in [-0.2, 0) is 0 Å². The number of phenols is 2. The van der Waals surface area contributed by atoms with Crippen LogP contribution in [0.3, 0.4) is 0 Å². The van der Waals surface area contributed by atoms with Crippen LogP contribution in [0.5, 0.6) is 11.5 Å². The second-order valence-electron chi connectivity index (χ2n) is 4.48.